The Morgan fingerprint density at radius 1 is 1.15 bits per heavy atom. The van der Waals surface area contributed by atoms with E-state index in [9.17, 15) is 9.59 Å². The van der Waals surface area contributed by atoms with Crippen molar-refractivity contribution in [2.24, 2.45) is 0 Å². The van der Waals surface area contributed by atoms with E-state index in [4.69, 9.17) is 28.4 Å². The van der Waals surface area contributed by atoms with Crippen LogP contribution in [0.2, 0.25) is 0 Å². The smallest absolute Gasteiger partial charge is 0.490 e. The molecule has 0 N–H and O–H groups in total. The third kappa shape index (κ3) is 6.11. The molecule has 8 heteroatoms. The minimum atomic E-state index is -0.665. The molecule has 8 nitrogen and oxygen atoms in total. The van der Waals surface area contributed by atoms with Crippen molar-refractivity contribution in [2.75, 3.05) is 26.4 Å². The van der Waals surface area contributed by atoms with Gasteiger partial charge in [-0.25, -0.2) is 4.79 Å². The van der Waals surface area contributed by atoms with Crippen molar-refractivity contribution >= 4 is 12.1 Å². The molecule has 2 saturated heterocycles. The topological polar surface area (TPSA) is 89.5 Å². The summed E-state index contributed by atoms with van der Waals surface area (Å²) in [6.07, 6.45) is -0.411. The highest BCUT2D eigenvalue weighted by atomic mass is 16.8. The molecule has 2 aliphatic rings. The van der Waals surface area contributed by atoms with Crippen molar-refractivity contribution < 1.29 is 38.0 Å². The van der Waals surface area contributed by atoms with E-state index in [0.717, 1.165) is 5.56 Å². The van der Waals surface area contributed by atoms with Crippen molar-refractivity contribution in [1.82, 2.24) is 0 Å². The number of aryl methyl sites for hydroxylation is 1. The van der Waals surface area contributed by atoms with Gasteiger partial charge in [0.05, 0.1) is 6.61 Å². The number of carbonyl (C=O) groups is 2. The van der Waals surface area contributed by atoms with Crippen LogP contribution < -0.4 is 4.74 Å². The molecule has 3 rings (SSSR count). The van der Waals surface area contributed by atoms with Crippen molar-refractivity contribution in [1.29, 1.82) is 0 Å². The van der Waals surface area contributed by atoms with Gasteiger partial charge in [-0.15, -0.1) is 0 Å². The number of rotatable bonds is 8. The zero-order chi connectivity index (χ0) is 19.3. The summed E-state index contributed by atoms with van der Waals surface area (Å²) < 4.78 is 31.4. The monoisotopic (exact) mass is 380 g/mol. The summed E-state index contributed by atoms with van der Waals surface area (Å²) in [6, 6.07) is 7.39. The summed E-state index contributed by atoms with van der Waals surface area (Å²) in [5.74, 6) is -0.232. The molecule has 0 amide bonds. The van der Waals surface area contributed by atoms with Crippen molar-refractivity contribution in [2.45, 2.75) is 44.7 Å². The Hall–Kier alpha value is -2.32. The van der Waals surface area contributed by atoms with Crippen LogP contribution in [0.4, 0.5) is 4.79 Å². The van der Waals surface area contributed by atoms with Gasteiger partial charge in [-0.3, -0.25) is 4.79 Å². The fourth-order valence-corrected chi connectivity index (χ4v) is 2.74. The number of hydrogen-bond acceptors (Lipinski definition) is 8. The summed E-state index contributed by atoms with van der Waals surface area (Å²) in [5.41, 5.74) is 0.997. The maximum Gasteiger partial charge on any atom is 0.508 e. The fraction of sp³-hybridized carbons (Fsp3) is 0.579. The molecule has 0 aliphatic carbocycles. The van der Waals surface area contributed by atoms with Crippen LogP contribution in [0.5, 0.6) is 5.75 Å². The lowest BCUT2D eigenvalue weighted by atomic mass is 10.1. The van der Waals surface area contributed by atoms with Gasteiger partial charge in [0.15, 0.2) is 11.9 Å². The molecule has 0 aromatic heterocycles. The molecule has 2 fully saturated rings. The van der Waals surface area contributed by atoms with E-state index in [0.29, 0.717) is 18.8 Å². The summed E-state index contributed by atoms with van der Waals surface area (Å²) in [6.45, 7) is 4.72. The van der Waals surface area contributed by atoms with E-state index in [-0.39, 0.29) is 44.4 Å². The summed E-state index contributed by atoms with van der Waals surface area (Å²) in [4.78, 5) is 22.7. The number of ether oxygens (including phenoxy) is 6. The molecule has 2 atom stereocenters. The van der Waals surface area contributed by atoms with Gasteiger partial charge >= 0.3 is 12.1 Å². The van der Waals surface area contributed by atoms with E-state index < -0.39 is 11.9 Å². The Kier molecular flexibility index (Phi) is 6.18. The van der Waals surface area contributed by atoms with Gasteiger partial charge in [0, 0.05) is 6.42 Å². The average Bonchev–Trinajstić information content (AvgIpc) is 3.22. The van der Waals surface area contributed by atoms with Crippen LogP contribution in [0, 0.1) is 0 Å². The second-order valence-corrected chi connectivity index (χ2v) is 6.89. The van der Waals surface area contributed by atoms with E-state index in [1.807, 2.05) is 38.1 Å². The molecule has 0 spiro atoms. The standard InChI is InChI=1S/C19H24O8/c1-19(2)25-12-16(27-19)11-23-17(20)8-5-13-3-6-14(7-4-13)22-9-15-10-24-18(21)26-15/h3-4,6-7,15-16H,5,8-12H2,1-2H3/t15?,16-/m1/s1. The summed E-state index contributed by atoms with van der Waals surface area (Å²) >= 11 is 0. The quantitative estimate of drug-likeness (QED) is 0.634. The Balaban J connectivity index is 1.33. The first-order chi connectivity index (χ1) is 12.9. The largest absolute Gasteiger partial charge is 0.508 e. The van der Waals surface area contributed by atoms with Crippen LogP contribution in [0.15, 0.2) is 24.3 Å². The second-order valence-electron chi connectivity index (χ2n) is 6.89. The van der Waals surface area contributed by atoms with Crippen molar-refractivity contribution in [3.8, 4) is 5.75 Å². The first-order valence-electron chi connectivity index (χ1n) is 8.92. The van der Waals surface area contributed by atoms with Gasteiger partial charge in [-0.05, 0) is 38.0 Å². The zero-order valence-electron chi connectivity index (χ0n) is 15.5. The third-order valence-corrected chi connectivity index (χ3v) is 4.12. The van der Waals surface area contributed by atoms with E-state index in [1.54, 1.807) is 0 Å². The predicted molar refractivity (Wildman–Crippen MR) is 92.3 cm³/mol. The molecule has 1 aromatic carbocycles. The van der Waals surface area contributed by atoms with Crippen LogP contribution in [0.25, 0.3) is 0 Å². The van der Waals surface area contributed by atoms with Crippen molar-refractivity contribution in [3.63, 3.8) is 0 Å². The Bertz CT molecular complexity index is 654. The minimum absolute atomic E-state index is 0.199. The first kappa shape index (κ1) is 19.4. The van der Waals surface area contributed by atoms with Gasteiger partial charge in [0.2, 0.25) is 0 Å². The van der Waals surface area contributed by atoms with Gasteiger partial charge in [-0.1, -0.05) is 12.1 Å². The fourth-order valence-electron chi connectivity index (χ4n) is 2.74. The average molecular weight is 380 g/mol. The minimum Gasteiger partial charge on any atom is -0.490 e. The molecular formula is C19H24O8. The van der Waals surface area contributed by atoms with Crippen LogP contribution in [-0.2, 0) is 34.9 Å². The van der Waals surface area contributed by atoms with Crippen LogP contribution in [-0.4, -0.2) is 56.5 Å². The molecule has 1 unspecified atom stereocenters. The zero-order valence-corrected chi connectivity index (χ0v) is 15.5. The van der Waals surface area contributed by atoms with Crippen LogP contribution >= 0.6 is 0 Å². The molecule has 27 heavy (non-hydrogen) atoms. The normalized spacial score (nSPS) is 23.6. The van der Waals surface area contributed by atoms with E-state index in [2.05, 4.69) is 0 Å². The highest BCUT2D eigenvalue weighted by Crippen LogP contribution is 2.22. The van der Waals surface area contributed by atoms with E-state index >= 15 is 0 Å². The maximum atomic E-state index is 11.9. The van der Waals surface area contributed by atoms with Crippen LogP contribution in [0.3, 0.4) is 0 Å². The highest BCUT2D eigenvalue weighted by Gasteiger charge is 2.33. The molecule has 1 aromatic rings. The predicted octanol–water partition coefficient (Wildman–Crippen LogP) is 2.23. The van der Waals surface area contributed by atoms with Crippen molar-refractivity contribution in [3.05, 3.63) is 29.8 Å². The molecule has 0 saturated carbocycles. The van der Waals surface area contributed by atoms with Gasteiger partial charge in [-0.2, -0.15) is 0 Å². The lowest BCUT2D eigenvalue weighted by molar-refractivity contribution is -0.158. The van der Waals surface area contributed by atoms with Crippen LogP contribution in [0.1, 0.15) is 25.8 Å². The second kappa shape index (κ2) is 8.58. The molecule has 2 heterocycles. The number of hydrogen-bond donors (Lipinski definition) is 0. The van der Waals surface area contributed by atoms with Gasteiger partial charge in [0.25, 0.3) is 0 Å². The Labute approximate surface area is 157 Å². The lowest BCUT2D eigenvalue weighted by Gasteiger charge is -2.17. The first-order valence-corrected chi connectivity index (χ1v) is 8.92. The molecule has 2 aliphatic heterocycles. The Morgan fingerprint density at radius 2 is 1.93 bits per heavy atom. The Morgan fingerprint density at radius 3 is 2.56 bits per heavy atom. The highest BCUT2D eigenvalue weighted by molar-refractivity contribution is 5.69. The molecule has 148 valence electrons. The summed E-state index contributed by atoms with van der Waals surface area (Å²) in [5, 5.41) is 0. The molecular weight excluding hydrogens is 356 g/mol. The summed E-state index contributed by atoms with van der Waals surface area (Å²) in [7, 11) is 0. The number of carbonyl (C=O) groups excluding carboxylic acids is 2. The SMILES string of the molecule is CC1(C)OC[C@@H](COC(=O)CCc2ccc(OCC3COC(=O)O3)cc2)O1. The van der Waals surface area contributed by atoms with Gasteiger partial charge in [0.1, 0.15) is 31.7 Å². The molecule has 0 bridgehead atoms. The third-order valence-electron chi connectivity index (χ3n) is 4.12. The number of esters is 1. The van der Waals surface area contributed by atoms with E-state index in [1.165, 1.54) is 0 Å². The molecule has 0 radical (unpaired) electrons. The van der Waals surface area contributed by atoms with Gasteiger partial charge < -0.3 is 28.4 Å². The maximum absolute atomic E-state index is 11.9. The number of benzene rings is 1. The number of cyclic esters (lactones) is 2. The lowest BCUT2D eigenvalue weighted by Crippen LogP contribution is -2.25.